The molecule has 1 N–H and O–H groups in total. The van der Waals surface area contributed by atoms with Crippen LogP contribution in [-0.4, -0.2) is 21.7 Å². The maximum atomic E-state index is 12.4. The van der Waals surface area contributed by atoms with Crippen LogP contribution in [0.15, 0.2) is 46.6 Å². The van der Waals surface area contributed by atoms with Crippen LogP contribution >= 0.6 is 11.3 Å². The van der Waals surface area contributed by atoms with E-state index in [2.05, 4.69) is 15.5 Å². The van der Waals surface area contributed by atoms with E-state index >= 15 is 0 Å². The molecule has 6 nitrogen and oxygen atoms in total. The Morgan fingerprint density at radius 1 is 1.36 bits per heavy atom. The van der Waals surface area contributed by atoms with Gasteiger partial charge in [-0.3, -0.25) is 14.2 Å². The van der Waals surface area contributed by atoms with Gasteiger partial charge in [-0.15, -0.1) is 11.3 Å². The number of aromatic nitrogens is 2. The van der Waals surface area contributed by atoms with E-state index in [-0.39, 0.29) is 18.0 Å². The third-order valence-corrected chi connectivity index (χ3v) is 4.90. The van der Waals surface area contributed by atoms with Crippen molar-refractivity contribution in [2.45, 2.75) is 26.8 Å². The number of hydrazone groups is 1. The highest BCUT2D eigenvalue weighted by molar-refractivity contribution is 7.18. The summed E-state index contributed by atoms with van der Waals surface area (Å²) in [4.78, 5) is 30.5. The van der Waals surface area contributed by atoms with Crippen LogP contribution in [0.25, 0.3) is 10.2 Å². The van der Waals surface area contributed by atoms with Gasteiger partial charge < -0.3 is 0 Å². The van der Waals surface area contributed by atoms with Crippen LogP contribution in [0, 0.1) is 6.92 Å². The maximum absolute atomic E-state index is 12.4. The molecular formula is C18H18N4O2S. The van der Waals surface area contributed by atoms with Crippen molar-refractivity contribution < 1.29 is 4.79 Å². The minimum Gasteiger partial charge on any atom is -0.289 e. The number of nitrogens with one attached hydrogen (secondary N) is 1. The molecule has 128 valence electrons. The second-order valence-electron chi connectivity index (χ2n) is 5.67. The number of amides is 1. The summed E-state index contributed by atoms with van der Waals surface area (Å²) in [6, 6.07) is 9.60. The number of carbonyl (C=O) groups is 1. The van der Waals surface area contributed by atoms with Crippen LogP contribution in [0.3, 0.4) is 0 Å². The van der Waals surface area contributed by atoms with Crippen molar-refractivity contribution >= 4 is 33.7 Å². The molecule has 0 atom stereocenters. The molecule has 3 rings (SSSR count). The molecule has 0 aliphatic rings. The number of thiophene rings is 1. The average molecular weight is 354 g/mol. The van der Waals surface area contributed by atoms with E-state index in [0.29, 0.717) is 10.2 Å². The van der Waals surface area contributed by atoms with E-state index in [4.69, 9.17) is 0 Å². The van der Waals surface area contributed by atoms with Gasteiger partial charge in [0.25, 0.3) is 11.5 Å². The molecule has 0 fully saturated rings. The molecule has 1 aromatic carbocycles. The Morgan fingerprint density at radius 2 is 2.12 bits per heavy atom. The van der Waals surface area contributed by atoms with Crippen LogP contribution in [0.1, 0.15) is 22.9 Å². The number of benzene rings is 1. The summed E-state index contributed by atoms with van der Waals surface area (Å²) in [5.41, 5.74) is 4.26. The molecule has 1 amide bonds. The molecule has 25 heavy (non-hydrogen) atoms. The Kier molecular flexibility index (Phi) is 5.04. The highest BCUT2D eigenvalue weighted by atomic mass is 32.1. The normalized spacial score (nSPS) is 11.3. The molecule has 0 aliphatic carbocycles. The van der Waals surface area contributed by atoms with Crippen LogP contribution in [0.4, 0.5) is 0 Å². The van der Waals surface area contributed by atoms with E-state index in [1.165, 1.54) is 22.2 Å². The summed E-state index contributed by atoms with van der Waals surface area (Å²) < 4.78 is 1.30. The van der Waals surface area contributed by atoms with Gasteiger partial charge in [-0.1, -0.05) is 36.8 Å². The Labute approximate surface area is 148 Å². The second-order valence-corrected chi connectivity index (χ2v) is 6.78. The van der Waals surface area contributed by atoms with E-state index in [1.807, 2.05) is 44.2 Å². The molecule has 0 spiro atoms. The van der Waals surface area contributed by atoms with Gasteiger partial charge in [-0.05, 0) is 25.0 Å². The predicted molar refractivity (Wildman–Crippen MR) is 100 cm³/mol. The fraction of sp³-hybridized carbons (Fsp3) is 0.222. The highest BCUT2D eigenvalue weighted by Crippen LogP contribution is 2.20. The van der Waals surface area contributed by atoms with Crippen molar-refractivity contribution in [1.82, 2.24) is 15.0 Å². The molecule has 0 saturated heterocycles. The smallest absolute Gasteiger partial charge is 0.262 e. The first kappa shape index (κ1) is 17.0. The van der Waals surface area contributed by atoms with Crippen molar-refractivity contribution in [1.29, 1.82) is 0 Å². The molecule has 2 heterocycles. The molecule has 7 heteroatoms. The Hall–Kier alpha value is -2.80. The minimum absolute atomic E-state index is 0.121. The lowest BCUT2D eigenvalue weighted by Gasteiger charge is -2.03. The van der Waals surface area contributed by atoms with Crippen LogP contribution in [-0.2, 0) is 17.8 Å². The fourth-order valence-corrected chi connectivity index (χ4v) is 3.24. The number of nitrogens with zero attached hydrogens (tertiary/aromatic N) is 3. The first-order valence-electron chi connectivity index (χ1n) is 7.93. The number of carbonyl (C=O) groups excluding carboxylic acids is 1. The fourth-order valence-electron chi connectivity index (χ4n) is 2.32. The van der Waals surface area contributed by atoms with Crippen molar-refractivity contribution in [3.8, 4) is 0 Å². The predicted octanol–water partition coefficient (Wildman–Crippen LogP) is 2.48. The number of hydrogen-bond donors (Lipinski definition) is 1. The van der Waals surface area contributed by atoms with Gasteiger partial charge in [0.15, 0.2) is 0 Å². The maximum Gasteiger partial charge on any atom is 0.262 e. The third-order valence-electron chi connectivity index (χ3n) is 3.71. The van der Waals surface area contributed by atoms with E-state index in [0.717, 1.165) is 22.4 Å². The zero-order valence-electron chi connectivity index (χ0n) is 14.0. The number of hydrogen-bond acceptors (Lipinski definition) is 5. The van der Waals surface area contributed by atoms with E-state index < -0.39 is 0 Å². The number of aryl methyl sites for hydroxylation is 2. The lowest BCUT2D eigenvalue weighted by molar-refractivity contribution is -0.121. The summed E-state index contributed by atoms with van der Waals surface area (Å²) in [5, 5.41) is 4.47. The van der Waals surface area contributed by atoms with Crippen LogP contribution in [0.2, 0.25) is 0 Å². The standard InChI is InChI=1S/C18H18N4O2S/c1-3-14-8-15-17(25-14)19-11-22(18(15)24)10-16(23)21-20-9-13-6-4-12(2)5-7-13/h4-9,11H,3,10H2,1-2H3,(H,21,23). The number of fused-ring (bicyclic) bond motifs is 1. The summed E-state index contributed by atoms with van der Waals surface area (Å²) in [6.07, 6.45) is 3.83. The molecule has 0 radical (unpaired) electrons. The zero-order chi connectivity index (χ0) is 17.8. The quantitative estimate of drug-likeness (QED) is 0.565. The van der Waals surface area contributed by atoms with Crippen LogP contribution < -0.4 is 11.0 Å². The highest BCUT2D eigenvalue weighted by Gasteiger charge is 2.10. The van der Waals surface area contributed by atoms with Gasteiger partial charge in [0.1, 0.15) is 11.4 Å². The largest absolute Gasteiger partial charge is 0.289 e. The summed E-state index contributed by atoms with van der Waals surface area (Å²) >= 11 is 1.50. The lowest BCUT2D eigenvalue weighted by atomic mass is 10.2. The summed E-state index contributed by atoms with van der Waals surface area (Å²) in [7, 11) is 0. The van der Waals surface area contributed by atoms with Gasteiger partial charge in [-0.25, -0.2) is 10.4 Å². The van der Waals surface area contributed by atoms with Gasteiger partial charge in [0.05, 0.1) is 17.9 Å². The number of rotatable bonds is 5. The molecule has 0 saturated carbocycles. The van der Waals surface area contributed by atoms with Gasteiger partial charge in [0, 0.05) is 4.88 Å². The molecule has 2 aromatic heterocycles. The summed E-state index contributed by atoms with van der Waals surface area (Å²) in [5.74, 6) is -0.377. The molecular weight excluding hydrogens is 336 g/mol. The van der Waals surface area contributed by atoms with E-state index in [1.54, 1.807) is 6.21 Å². The van der Waals surface area contributed by atoms with Gasteiger partial charge in [-0.2, -0.15) is 5.10 Å². The van der Waals surface area contributed by atoms with Crippen molar-refractivity contribution in [2.24, 2.45) is 5.10 Å². The zero-order valence-corrected chi connectivity index (χ0v) is 14.8. The lowest BCUT2D eigenvalue weighted by Crippen LogP contribution is -2.29. The Bertz CT molecular complexity index is 986. The molecule has 0 aliphatic heterocycles. The topological polar surface area (TPSA) is 76.3 Å². The average Bonchev–Trinajstić information content (AvgIpc) is 3.03. The molecule has 0 bridgehead atoms. The monoisotopic (exact) mass is 354 g/mol. The SMILES string of the molecule is CCc1cc2c(=O)n(CC(=O)NN=Cc3ccc(C)cc3)cnc2s1. The van der Waals surface area contributed by atoms with E-state index in [9.17, 15) is 9.59 Å². The summed E-state index contributed by atoms with van der Waals surface area (Å²) in [6.45, 7) is 3.91. The molecule has 3 aromatic rings. The van der Waals surface area contributed by atoms with Gasteiger partial charge in [0.2, 0.25) is 0 Å². The first-order chi connectivity index (χ1) is 12.1. The Balaban J connectivity index is 1.68. The van der Waals surface area contributed by atoms with Crippen molar-refractivity contribution in [3.63, 3.8) is 0 Å². The third kappa shape index (κ3) is 4.00. The molecule has 0 unspecified atom stereocenters. The second kappa shape index (κ2) is 7.40. The van der Waals surface area contributed by atoms with Crippen LogP contribution in [0.5, 0.6) is 0 Å². The van der Waals surface area contributed by atoms with Crippen molar-refractivity contribution in [2.75, 3.05) is 0 Å². The van der Waals surface area contributed by atoms with Gasteiger partial charge >= 0.3 is 0 Å². The van der Waals surface area contributed by atoms with Crippen molar-refractivity contribution in [3.05, 3.63) is 63.0 Å². The Morgan fingerprint density at radius 3 is 2.84 bits per heavy atom. The first-order valence-corrected chi connectivity index (χ1v) is 8.75. The minimum atomic E-state index is -0.377.